The van der Waals surface area contributed by atoms with Crippen molar-refractivity contribution in [2.75, 3.05) is 6.54 Å². The normalized spacial score (nSPS) is 13.1. The minimum atomic E-state index is -4.38. The third-order valence-corrected chi connectivity index (χ3v) is 3.01. The van der Waals surface area contributed by atoms with E-state index in [2.05, 4.69) is 5.32 Å². The number of hydrogen-bond donors (Lipinski definition) is 2. The van der Waals surface area contributed by atoms with Crippen molar-refractivity contribution in [2.24, 2.45) is 0 Å². The molecule has 0 fully saturated rings. The third kappa shape index (κ3) is 5.98. The molecule has 0 aliphatic carbocycles. The summed E-state index contributed by atoms with van der Waals surface area (Å²) >= 11 is 11.5. The lowest BCUT2D eigenvalue weighted by molar-refractivity contribution is -0.144. The molecule has 1 amide bonds. The summed E-state index contributed by atoms with van der Waals surface area (Å²) < 4.78 is 35.7. The van der Waals surface area contributed by atoms with Crippen LogP contribution in [0, 0.1) is 0 Å². The van der Waals surface area contributed by atoms with Crippen LogP contribution in [0.2, 0.25) is 10.0 Å². The van der Waals surface area contributed by atoms with Crippen molar-refractivity contribution in [1.29, 1.82) is 0 Å². The van der Waals surface area contributed by atoms with Gasteiger partial charge in [0.15, 0.2) is 0 Å². The molecule has 1 atom stereocenters. The summed E-state index contributed by atoms with van der Waals surface area (Å²) in [5, 5.41) is 12.6. The predicted octanol–water partition coefficient (Wildman–Crippen LogP) is 3.49. The topological polar surface area (TPSA) is 49.3 Å². The standard InChI is InChI=1S/C12H12Cl2F3NO2/c13-7-1-2-8(9(14)5-7)10(19)6-18-11(20)3-4-12(15,16)17/h1-2,5,10,19H,3-4,6H2,(H,18,20). The van der Waals surface area contributed by atoms with Gasteiger partial charge in [0.25, 0.3) is 0 Å². The first-order chi connectivity index (χ1) is 9.19. The Morgan fingerprint density at radius 2 is 2.00 bits per heavy atom. The Labute approximate surface area is 123 Å². The molecule has 0 radical (unpaired) electrons. The predicted molar refractivity (Wildman–Crippen MR) is 69.7 cm³/mol. The van der Waals surface area contributed by atoms with E-state index < -0.39 is 31.0 Å². The fourth-order valence-corrected chi connectivity index (χ4v) is 1.97. The van der Waals surface area contributed by atoms with Crippen LogP contribution in [0.5, 0.6) is 0 Å². The second-order valence-electron chi connectivity index (χ2n) is 4.10. The zero-order valence-corrected chi connectivity index (χ0v) is 11.7. The first kappa shape index (κ1) is 17.1. The van der Waals surface area contributed by atoms with Gasteiger partial charge in [-0.15, -0.1) is 0 Å². The molecule has 0 bridgehead atoms. The highest BCUT2D eigenvalue weighted by Crippen LogP contribution is 2.26. The van der Waals surface area contributed by atoms with Crippen LogP contribution in [0.3, 0.4) is 0 Å². The molecular weight excluding hydrogens is 318 g/mol. The fraction of sp³-hybridized carbons (Fsp3) is 0.417. The van der Waals surface area contributed by atoms with E-state index in [0.717, 1.165) is 0 Å². The second-order valence-corrected chi connectivity index (χ2v) is 4.94. The van der Waals surface area contributed by atoms with E-state index in [1.54, 1.807) is 0 Å². The van der Waals surface area contributed by atoms with Crippen molar-refractivity contribution in [3.05, 3.63) is 33.8 Å². The van der Waals surface area contributed by atoms with E-state index >= 15 is 0 Å². The summed E-state index contributed by atoms with van der Waals surface area (Å²) in [6, 6.07) is 4.42. The molecule has 0 saturated carbocycles. The van der Waals surface area contributed by atoms with E-state index in [-0.39, 0.29) is 11.6 Å². The minimum Gasteiger partial charge on any atom is -0.387 e. The minimum absolute atomic E-state index is 0.217. The number of carbonyl (C=O) groups is 1. The number of benzene rings is 1. The van der Waals surface area contributed by atoms with Crippen LogP contribution in [-0.2, 0) is 4.79 Å². The zero-order chi connectivity index (χ0) is 15.3. The van der Waals surface area contributed by atoms with Crippen LogP contribution < -0.4 is 5.32 Å². The van der Waals surface area contributed by atoms with Gasteiger partial charge < -0.3 is 10.4 Å². The maximum absolute atomic E-state index is 11.9. The number of hydrogen-bond acceptors (Lipinski definition) is 2. The van der Waals surface area contributed by atoms with E-state index in [4.69, 9.17) is 23.2 Å². The number of nitrogens with one attached hydrogen (secondary N) is 1. The Kier molecular flexibility index (Phi) is 6.10. The Morgan fingerprint density at radius 3 is 2.55 bits per heavy atom. The number of amides is 1. The number of halogens is 5. The molecular formula is C12H12Cl2F3NO2. The number of aliphatic hydroxyl groups is 1. The van der Waals surface area contributed by atoms with Crippen molar-refractivity contribution in [1.82, 2.24) is 5.32 Å². The summed E-state index contributed by atoms with van der Waals surface area (Å²) in [5.74, 6) is -0.786. The average Bonchev–Trinajstić information content (AvgIpc) is 2.32. The van der Waals surface area contributed by atoms with Gasteiger partial charge in [0, 0.05) is 28.6 Å². The average molecular weight is 330 g/mol. The van der Waals surface area contributed by atoms with Crippen LogP contribution in [0.15, 0.2) is 18.2 Å². The van der Waals surface area contributed by atoms with E-state index in [0.29, 0.717) is 10.6 Å². The van der Waals surface area contributed by atoms with Gasteiger partial charge in [-0.25, -0.2) is 0 Å². The molecule has 0 spiro atoms. The molecule has 0 saturated heterocycles. The lowest BCUT2D eigenvalue weighted by Crippen LogP contribution is -2.29. The molecule has 0 heterocycles. The molecule has 2 N–H and O–H groups in total. The Balaban J connectivity index is 2.47. The number of alkyl halides is 3. The van der Waals surface area contributed by atoms with Gasteiger partial charge in [0.1, 0.15) is 0 Å². The van der Waals surface area contributed by atoms with Crippen LogP contribution in [-0.4, -0.2) is 23.7 Å². The highest BCUT2D eigenvalue weighted by Gasteiger charge is 2.27. The van der Waals surface area contributed by atoms with Gasteiger partial charge in [0.05, 0.1) is 12.5 Å². The van der Waals surface area contributed by atoms with Crippen LogP contribution in [0.25, 0.3) is 0 Å². The van der Waals surface area contributed by atoms with Crippen molar-refractivity contribution < 1.29 is 23.1 Å². The summed E-state index contributed by atoms with van der Waals surface area (Å²) in [4.78, 5) is 11.2. The largest absolute Gasteiger partial charge is 0.389 e. The smallest absolute Gasteiger partial charge is 0.387 e. The highest BCUT2D eigenvalue weighted by atomic mass is 35.5. The van der Waals surface area contributed by atoms with Gasteiger partial charge in [-0.05, 0) is 12.1 Å². The number of rotatable bonds is 5. The maximum atomic E-state index is 11.9. The van der Waals surface area contributed by atoms with Gasteiger partial charge in [0.2, 0.25) is 5.91 Å². The maximum Gasteiger partial charge on any atom is 0.389 e. The summed E-state index contributed by atoms with van der Waals surface area (Å²) in [7, 11) is 0. The number of carbonyl (C=O) groups excluding carboxylic acids is 1. The van der Waals surface area contributed by atoms with Crippen LogP contribution in [0.1, 0.15) is 24.5 Å². The first-order valence-corrected chi connectivity index (χ1v) is 6.41. The molecule has 0 aromatic heterocycles. The quantitative estimate of drug-likeness (QED) is 0.868. The van der Waals surface area contributed by atoms with Gasteiger partial charge in [-0.2, -0.15) is 13.2 Å². The molecule has 1 aromatic rings. The monoisotopic (exact) mass is 329 g/mol. The fourth-order valence-electron chi connectivity index (χ4n) is 1.44. The van der Waals surface area contributed by atoms with E-state index in [9.17, 15) is 23.1 Å². The molecule has 0 aliphatic rings. The van der Waals surface area contributed by atoms with Gasteiger partial charge >= 0.3 is 6.18 Å². The Morgan fingerprint density at radius 1 is 1.35 bits per heavy atom. The van der Waals surface area contributed by atoms with Crippen LogP contribution >= 0.6 is 23.2 Å². The third-order valence-electron chi connectivity index (χ3n) is 2.45. The molecule has 0 aliphatic heterocycles. The summed E-state index contributed by atoms with van der Waals surface area (Å²) in [5.41, 5.74) is 0.340. The molecule has 8 heteroatoms. The number of aliphatic hydroxyl groups excluding tert-OH is 1. The molecule has 1 rings (SSSR count). The van der Waals surface area contributed by atoms with Gasteiger partial charge in [-0.3, -0.25) is 4.79 Å². The Hall–Kier alpha value is -0.980. The molecule has 1 aromatic carbocycles. The first-order valence-electron chi connectivity index (χ1n) is 5.65. The molecule has 20 heavy (non-hydrogen) atoms. The zero-order valence-electron chi connectivity index (χ0n) is 10.2. The summed E-state index contributed by atoms with van der Waals surface area (Å²) in [6.45, 7) is -0.224. The van der Waals surface area contributed by atoms with Crippen molar-refractivity contribution >= 4 is 29.1 Å². The highest BCUT2D eigenvalue weighted by molar-refractivity contribution is 6.35. The lowest BCUT2D eigenvalue weighted by Gasteiger charge is -2.14. The van der Waals surface area contributed by atoms with Crippen molar-refractivity contribution in [3.8, 4) is 0 Å². The lowest BCUT2D eigenvalue weighted by atomic mass is 10.1. The summed E-state index contributed by atoms with van der Waals surface area (Å²) in [6.07, 6.45) is -7.37. The Bertz CT molecular complexity index is 480. The van der Waals surface area contributed by atoms with Crippen LogP contribution in [0.4, 0.5) is 13.2 Å². The molecule has 1 unspecified atom stereocenters. The van der Waals surface area contributed by atoms with E-state index in [1.807, 2.05) is 0 Å². The van der Waals surface area contributed by atoms with Crippen molar-refractivity contribution in [2.45, 2.75) is 25.1 Å². The second kappa shape index (κ2) is 7.15. The SMILES string of the molecule is O=C(CCC(F)(F)F)NCC(O)c1ccc(Cl)cc1Cl. The van der Waals surface area contributed by atoms with E-state index in [1.165, 1.54) is 18.2 Å². The molecule has 3 nitrogen and oxygen atoms in total. The van der Waals surface area contributed by atoms with Crippen molar-refractivity contribution in [3.63, 3.8) is 0 Å². The molecule has 112 valence electrons. The van der Waals surface area contributed by atoms with Gasteiger partial charge in [-0.1, -0.05) is 29.3 Å².